The molecule has 1 N–H and O–H groups in total. The van der Waals surface area contributed by atoms with Crippen LogP contribution in [0, 0.1) is 17.8 Å². The summed E-state index contributed by atoms with van der Waals surface area (Å²) in [4.78, 5) is 15.6. The van der Waals surface area contributed by atoms with Crippen molar-refractivity contribution in [1.82, 2.24) is 4.72 Å². The fraction of sp³-hybridized carbons (Fsp3) is 0.531. The molecule has 3 aliphatic carbocycles. The molecular formula is C32H37ClN2O5S. The number of sulfonamides is 1. The van der Waals surface area contributed by atoms with Crippen molar-refractivity contribution in [1.29, 1.82) is 0 Å². The number of allylic oxidation sites excluding steroid dienone is 1. The van der Waals surface area contributed by atoms with Crippen LogP contribution in [-0.4, -0.2) is 53.0 Å². The zero-order valence-electron chi connectivity index (χ0n) is 23.4. The standard InChI is InChI=1S/C32H37ClN2O5S/c1-39-30-24-13-20(14-24)10-12-41(37,38)34-31(36)22-5-9-29-28(16-22)35(17-23-4-7-26(23)30)18-32(19-40-29)11-2-3-21-15-25(33)6-8-27(21)32/h5-6,8-9,13,15-16,20,23,26,30H,2-4,7,10-12,14,17-19H2,1H3,(H,34,36)/t20?,23-,26+,30+,32-/m0/s1. The predicted octanol–water partition coefficient (Wildman–Crippen LogP) is 5.26. The van der Waals surface area contributed by atoms with Crippen LogP contribution in [0.3, 0.4) is 0 Å². The number of amides is 1. The SMILES string of the molecule is CO[C@@H]1C2=CC(CCS(=O)(=O)NC(=O)c3ccc4c(c3)N(C[C@@H]3CC[C@H]31)C[C@@]1(CCCc3cc(Cl)ccc31)CO4)C2. The van der Waals surface area contributed by atoms with Gasteiger partial charge in [-0.3, -0.25) is 4.79 Å². The molecule has 1 saturated carbocycles. The Balaban J connectivity index is 1.30. The summed E-state index contributed by atoms with van der Waals surface area (Å²) in [5.74, 6) is 1.12. The molecule has 218 valence electrons. The van der Waals surface area contributed by atoms with Gasteiger partial charge in [0, 0.05) is 36.2 Å². The first kappa shape index (κ1) is 27.3. The van der Waals surface area contributed by atoms with Gasteiger partial charge in [-0.05, 0) is 110 Å². The van der Waals surface area contributed by atoms with E-state index in [4.69, 9.17) is 21.1 Å². The number of benzene rings is 2. The Labute approximate surface area is 247 Å². The lowest BCUT2D eigenvalue weighted by molar-refractivity contribution is 0.000511. The van der Waals surface area contributed by atoms with Gasteiger partial charge in [-0.25, -0.2) is 13.1 Å². The number of aryl methyl sites for hydroxylation is 1. The normalized spacial score (nSPS) is 32.2. The molecule has 9 heteroatoms. The molecule has 0 aromatic heterocycles. The number of nitrogens with zero attached hydrogens (tertiary/aromatic N) is 1. The molecule has 0 radical (unpaired) electrons. The van der Waals surface area contributed by atoms with E-state index in [1.807, 2.05) is 18.2 Å². The van der Waals surface area contributed by atoms with Crippen molar-refractivity contribution < 1.29 is 22.7 Å². The number of ether oxygens (including phenoxy) is 2. The average Bonchev–Trinajstić information content (AvgIpc) is 3.05. The summed E-state index contributed by atoms with van der Waals surface area (Å²) in [6, 6.07) is 11.6. The minimum absolute atomic E-state index is 0.0646. The maximum atomic E-state index is 13.2. The van der Waals surface area contributed by atoms with Gasteiger partial charge in [0.25, 0.3) is 5.91 Å². The smallest absolute Gasteiger partial charge is 0.264 e. The molecule has 3 aliphatic heterocycles. The number of carbonyl (C=O) groups is 1. The van der Waals surface area contributed by atoms with Crippen molar-refractivity contribution in [3.63, 3.8) is 0 Å². The van der Waals surface area contributed by atoms with Crippen LogP contribution in [0.1, 0.15) is 60.0 Å². The lowest BCUT2D eigenvalue weighted by Crippen LogP contribution is -2.50. The molecule has 4 bridgehead atoms. The van der Waals surface area contributed by atoms with E-state index < -0.39 is 15.9 Å². The fourth-order valence-electron chi connectivity index (χ4n) is 7.89. The Bertz CT molecular complexity index is 1520. The highest BCUT2D eigenvalue weighted by molar-refractivity contribution is 7.90. The molecular weight excluding hydrogens is 560 g/mol. The van der Waals surface area contributed by atoms with Gasteiger partial charge in [0.15, 0.2) is 0 Å². The molecule has 8 rings (SSSR count). The quantitative estimate of drug-likeness (QED) is 0.452. The Morgan fingerprint density at radius 1 is 1.15 bits per heavy atom. The van der Waals surface area contributed by atoms with Gasteiger partial charge in [-0.1, -0.05) is 23.7 Å². The average molecular weight is 597 g/mol. The number of anilines is 1. The Hall–Kier alpha value is -2.55. The molecule has 5 atom stereocenters. The highest BCUT2D eigenvalue weighted by Gasteiger charge is 2.46. The van der Waals surface area contributed by atoms with Crippen molar-refractivity contribution >= 4 is 33.2 Å². The molecule has 1 fully saturated rings. The lowest BCUT2D eigenvalue weighted by Gasteiger charge is -2.48. The van der Waals surface area contributed by atoms with Gasteiger partial charge in [-0.2, -0.15) is 0 Å². The maximum Gasteiger partial charge on any atom is 0.264 e. The van der Waals surface area contributed by atoms with Gasteiger partial charge in [0.2, 0.25) is 10.0 Å². The third kappa shape index (κ3) is 4.96. The highest BCUT2D eigenvalue weighted by atomic mass is 35.5. The Kier molecular flexibility index (Phi) is 6.87. The number of carbonyl (C=O) groups excluding carboxylic acids is 1. The molecule has 0 saturated heterocycles. The Morgan fingerprint density at radius 2 is 2.00 bits per heavy atom. The lowest BCUT2D eigenvalue weighted by atomic mass is 9.65. The van der Waals surface area contributed by atoms with Crippen molar-refractivity contribution in [2.75, 3.05) is 37.5 Å². The molecule has 41 heavy (non-hydrogen) atoms. The van der Waals surface area contributed by atoms with E-state index in [0.29, 0.717) is 30.4 Å². The van der Waals surface area contributed by atoms with E-state index in [-0.39, 0.29) is 23.2 Å². The van der Waals surface area contributed by atoms with Crippen LogP contribution in [0.2, 0.25) is 5.02 Å². The molecule has 1 unspecified atom stereocenters. The third-order valence-corrected chi connectivity index (χ3v) is 11.7. The predicted molar refractivity (Wildman–Crippen MR) is 159 cm³/mol. The number of hydrogen-bond donors (Lipinski definition) is 1. The zero-order chi connectivity index (χ0) is 28.4. The van der Waals surface area contributed by atoms with E-state index in [9.17, 15) is 13.2 Å². The summed E-state index contributed by atoms with van der Waals surface area (Å²) >= 11 is 6.40. The van der Waals surface area contributed by atoms with E-state index in [1.165, 1.54) is 16.7 Å². The monoisotopic (exact) mass is 596 g/mol. The van der Waals surface area contributed by atoms with Crippen LogP contribution in [0.4, 0.5) is 5.69 Å². The first-order valence-corrected chi connectivity index (χ1v) is 16.9. The van der Waals surface area contributed by atoms with E-state index >= 15 is 0 Å². The summed E-state index contributed by atoms with van der Waals surface area (Å²) in [5.41, 5.74) is 4.83. The molecule has 1 amide bonds. The number of halogens is 1. The van der Waals surface area contributed by atoms with Gasteiger partial charge in [0.1, 0.15) is 5.75 Å². The largest absolute Gasteiger partial charge is 0.490 e. The van der Waals surface area contributed by atoms with E-state index in [2.05, 4.69) is 27.8 Å². The molecule has 3 heterocycles. The molecule has 1 spiro atoms. The van der Waals surface area contributed by atoms with Crippen LogP contribution >= 0.6 is 11.6 Å². The van der Waals surface area contributed by atoms with Crippen molar-refractivity contribution in [2.45, 2.75) is 56.5 Å². The summed E-state index contributed by atoms with van der Waals surface area (Å²) in [6.45, 7) is 2.11. The van der Waals surface area contributed by atoms with Crippen LogP contribution in [-0.2, 0) is 26.6 Å². The van der Waals surface area contributed by atoms with Gasteiger partial charge in [0.05, 0.1) is 24.2 Å². The topological polar surface area (TPSA) is 84.9 Å². The van der Waals surface area contributed by atoms with Gasteiger partial charge >= 0.3 is 0 Å². The van der Waals surface area contributed by atoms with Gasteiger partial charge in [-0.15, -0.1) is 0 Å². The molecule has 7 nitrogen and oxygen atoms in total. The summed E-state index contributed by atoms with van der Waals surface area (Å²) in [5, 5.41) is 0.754. The second-order valence-electron chi connectivity index (χ2n) is 12.7. The summed E-state index contributed by atoms with van der Waals surface area (Å²) in [6.07, 6.45) is 8.92. The molecule has 2 aromatic rings. The number of rotatable bonds is 1. The Morgan fingerprint density at radius 3 is 2.78 bits per heavy atom. The third-order valence-electron chi connectivity index (χ3n) is 10.2. The maximum absolute atomic E-state index is 13.2. The second-order valence-corrected chi connectivity index (χ2v) is 15.0. The highest BCUT2D eigenvalue weighted by Crippen LogP contribution is 2.48. The number of nitrogens with one attached hydrogen (secondary N) is 1. The van der Waals surface area contributed by atoms with Crippen molar-refractivity contribution in [2.24, 2.45) is 17.8 Å². The fourth-order valence-corrected chi connectivity index (χ4v) is 9.20. The van der Waals surface area contributed by atoms with E-state index in [1.54, 1.807) is 13.2 Å². The van der Waals surface area contributed by atoms with Crippen LogP contribution < -0.4 is 14.4 Å². The molecule has 6 aliphatic rings. The zero-order valence-corrected chi connectivity index (χ0v) is 25.0. The summed E-state index contributed by atoms with van der Waals surface area (Å²) in [7, 11) is -1.96. The van der Waals surface area contributed by atoms with Gasteiger partial charge < -0.3 is 14.4 Å². The van der Waals surface area contributed by atoms with Crippen molar-refractivity contribution in [3.05, 3.63) is 69.8 Å². The second kappa shape index (κ2) is 10.3. The first-order valence-electron chi connectivity index (χ1n) is 14.8. The van der Waals surface area contributed by atoms with E-state index in [0.717, 1.165) is 68.1 Å². The summed E-state index contributed by atoms with van der Waals surface area (Å²) < 4.78 is 40.6. The number of fused-ring (bicyclic) bond motifs is 6. The number of methoxy groups -OCH3 is 1. The minimum atomic E-state index is -3.76. The van der Waals surface area contributed by atoms with Crippen LogP contribution in [0.15, 0.2) is 48.0 Å². The van der Waals surface area contributed by atoms with Crippen molar-refractivity contribution in [3.8, 4) is 5.75 Å². The molecule has 2 aromatic carbocycles. The van der Waals surface area contributed by atoms with Crippen LogP contribution in [0.25, 0.3) is 0 Å². The van der Waals surface area contributed by atoms with Crippen LogP contribution in [0.5, 0.6) is 5.75 Å². The minimum Gasteiger partial charge on any atom is -0.490 e. The first-order chi connectivity index (χ1) is 19.7. The number of hydrogen-bond acceptors (Lipinski definition) is 6.